The Labute approximate surface area is 142 Å². The van der Waals surface area contributed by atoms with Crippen molar-refractivity contribution in [2.45, 2.75) is 58.3 Å². The normalized spacial score (nSPS) is 12.5. The first-order valence-corrected chi connectivity index (χ1v) is 10.5. The molecule has 5 nitrogen and oxygen atoms in total. The summed E-state index contributed by atoms with van der Waals surface area (Å²) in [5.74, 6) is 0.589. The van der Waals surface area contributed by atoms with Crippen LogP contribution in [0.4, 0.5) is 0 Å². The predicted octanol–water partition coefficient (Wildman–Crippen LogP) is 5.68. The summed E-state index contributed by atoms with van der Waals surface area (Å²) in [5.41, 5.74) is 0. The second kappa shape index (κ2) is 14.1. The lowest BCUT2D eigenvalue weighted by atomic mass is 10.1. The minimum atomic E-state index is -2.49. The van der Waals surface area contributed by atoms with Gasteiger partial charge in [-0.25, -0.2) is 4.31 Å². The number of para-hydroxylation sites is 1. The van der Waals surface area contributed by atoms with Crippen LogP contribution in [0.1, 0.15) is 58.3 Å². The van der Waals surface area contributed by atoms with Gasteiger partial charge in [0.2, 0.25) is 0 Å². The fourth-order valence-electron chi connectivity index (χ4n) is 2.07. The molecule has 1 atom stereocenters. The van der Waals surface area contributed by atoms with Gasteiger partial charge in [-0.2, -0.15) is 0 Å². The second-order valence-corrected chi connectivity index (χ2v) is 7.32. The lowest BCUT2D eigenvalue weighted by molar-refractivity contribution is 0.246. The van der Waals surface area contributed by atoms with Gasteiger partial charge in [-0.15, -0.1) is 0 Å². The van der Waals surface area contributed by atoms with Gasteiger partial charge in [-0.1, -0.05) is 70.1 Å². The summed E-state index contributed by atoms with van der Waals surface area (Å²) < 4.78 is 16.0. The largest absolute Gasteiger partial charge is 0.427 e. The van der Waals surface area contributed by atoms with Crippen LogP contribution in [-0.2, 0) is 8.83 Å². The van der Waals surface area contributed by atoms with Crippen molar-refractivity contribution >= 4 is 17.2 Å². The molecule has 0 spiro atoms. The highest BCUT2D eigenvalue weighted by molar-refractivity contribution is 7.54. The molecule has 1 unspecified atom stereocenters. The number of unbranched alkanes of at least 4 members (excludes halogenated alkanes) is 7. The molecular formula is C16H28O5P2. The van der Waals surface area contributed by atoms with Gasteiger partial charge in [0.25, 0.3) is 0 Å². The Morgan fingerprint density at radius 2 is 1.48 bits per heavy atom. The van der Waals surface area contributed by atoms with Crippen LogP contribution in [0.25, 0.3) is 0 Å². The molecule has 0 amide bonds. The lowest BCUT2D eigenvalue weighted by Gasteiger charge is -2.16. The van der Waals surface area contributed by atoms with Crippen LogP contribution in [0.5, 0.6) is 5.75 Å². The van der Waals surface area contributed by atoms with E-state index in [1.807, 2.05) is 18.2 Å². The maximum absolute atomic E-state index is 9.00. The van der Waals surface area contributed by atoms with Crippen LogP contribution in [0.3, 0.4) is 0 Å². The Bertz CT molecular complexity index is 378. The highest BCUT2D eigenvalue weighted by Crippen LogP contribution is 2.50. The maximum Gasteiger partial charge on any atom is 0.404 e. The molecule has 2 N–H and O–H groups in total. The van der Waals surface area contributed by atoms with Crippen molar-refractivity contribution in [3.05, 3.63) is 30.3 Å². The average molecular weight is 362 g/mol. The van der Waals surface area contributed by atoms with E-state index >= 15 is 0 Å². The Kier molecular flexibility index (Phi) is 12.7. The van der Waals surface area contributed by atoms with Crippen molar-refractivity contribution in [2.24, 2.45) is 0 Å². The first-order valence-electron chi connectivity index (χ1n) is 8.24. The minimum Gasteiger partial charge on any atom is -0.427 e. The van der Waals surface area contributed by atoms with Gasteiger partial charge < -0.3 is 18.8 Å². The van der Waals surface area contributed by atoms with Crippen LogP contribution in [0.15, 0.2) is 30.3 Å². The van der Waals surface area contributed by atoms with Gasteiger partial charge in [-0.05, 0) is 18.6 Å². The average Bonchev–Trinajstić information content (AvgIpc) is 2.53. The van der Waals surface area contributed by atoms with Crippen molar-refractivity contribution in [2.75, 3.05) is 6.61 Å². The molecule has 7 heteroatoms. The smallest absolute Gasteiger partial charge is 0.404 e. The molecule has 132 valence electrons. The zero-order valence-corrected chi connectivity index (χ0v) is 15.6. The molecule has 1 aromatic rings. The summed E-state index contributed by atoms with van der Waals surface area (Å²) in [5, 5.41) is 0. The van der Waals surface area contributed by atoms with Gasteiger partial charge in [0.05, 0.1) is 6.61 Å². The van der Waals surface area contributed by atoms with Gasteiger partial charge in [0, 0.05) is 0 Å². The summed E-state index contributed by atoms with van der Waals surface area (Å²) in [6.45, 7) is 2.72. The van der Waals surface area contributed by atoms with Crippen LogP contribution in [0.2, 0.25) is 0 Å². The van der Waals surface area contributed by atoms with Crippen molar-refractivity contribution < 1.29 is 23.1 Å². The summed E-state index contributed by atoms with van der Waals surface area (Å²) in [7, 11) is -4.27. The number of rotatable bonds is 14. The highest BCUT2D eigenvalue weighted by Gasteiger charge is 2.19. The predicted molar refractivity (Wildman–Crippen MR) is 95.0 cm³/mol. The van der Waals surface area contributed by atoms with Gasteiger partial charge in [0.15, 0.2) is 0 Å². The Morgan fingerprint density at radius 3 is 2.09 bits per heavy atom. The van der Waals surface area contributed by atoms with Gasteiger partial charge in [0.1, 0.15) is 5.75 Å². The van der Waals surface area contributed by atoms with Crippen LogP contribution >= 0.6 is 17.2 Å². The monoisotopic (exact) mass is 362 g/mol. The standard InChI is InChI=1S/C16H28O5P2/c1-2-3-4-5-6-7-8-12-15-19-23(21-22(17)18)20-16-13-10-9-11-14-16/h9-11,13-14,17-18H,2-8,12,15H2,1H3. The Hall–Kier alpha value is -0.280. The molecule has 0 aliphatic carbocycles. The molecule has 0 saturated heterocycles. The molecule has 0 radical (unpaired) electrons. The topological polar surface area (TPSA) is 68.2 Å². The maximum atomic E-state index is 9.00. The van der Waals surface area contributed by atoms with E-state index in [4.69, 9.17) is 23.1 Å². The van der Waals surface area contributed by atoms with Crippen molar-refractivity contribution in [1.82, 2.24) is 0 Å². The quantitative estimate of drug-likeness (QED) is 0.329. The van der Waals surface area contributed by atoms with E-state index in [2.05, 4.69) is 6.92 Å². The molecule has 0 saturated carbocycles. The summed E-state index contributed by atoms with van der Waals surface area (Å²) in [6.07, 6.45) is 9.73. The van der Waals surface area contributed by atoms with E-state index in [0.717, 1.165) is 12.8 Å². The molecule has 0 aliphatic rings. The fraction of sp³-hybridized carbons (Fsp3) is 0.625. The second-order valence-electron chi connectivity index (χ2n) is 5.27. The molecule has 0 aromatic heterocycles. The molecule has 23 heavy (non-hydrogen) atoms. The van der Waals surface area contributed by atoms with E-state index in [0.29, 0.717) is 12.4 Å². The first kappa shape index (κ1) is 20.8. The highest BCUT2D eigenvalue weighted by atomic mass is 31.2. The van der Waals surface area contributed by atoms with Crippen molar-refractivity contribution in [3.63, 3.8) is 0 Å². The molecule has 0 bridgehead atoms. The minimum absolute atomic E-state index is 0.497. The SMILES string of the molecule is CCCCCCCCCCOP(Oc1ccccc1)OP(O)O. The zero-order valence-electron chi connectivity index (χ0n) is 13.8. The zero-order chi connectivity index (χ0) is 16.8. The number of benzene rings is 1. The molecule has 1 rings (SSSR count). The van der Waals surface area contributed by atoms with Crippen LogP contribution < -0.4 is 4.52 Å². The Morgan fingerprint density at radius 1 is 0.870 bits per heavy atom. The van der Waals surface area contributed by atoms with Gasteiger partial charge >= 0.3 is 17.2 Å². The van der Waals surface area contributed by atoms with E-state index < -0.39 is 17.2 Å². The first-order chi connectivity index (χ1) is 11.2. The fourth-order valence-corrected chi connectivity index (χ4v) is 3.49. The Balaban J connectivity index is 2.14. The molecule has 0 fully saturated rings. The summed E-state index contributed by atoms with van der Waals surface area (Å²) in [4.78, 5) is 18.0. The van der Waals surface area contributed by atoms with E-state index in [1.165, 1.54) is 38.5 Å². The third kappa shape index (κ3) is 11.8. The van der Waals surface area contributed by atoms with Crippen LogP contribution in [-0.4, -0.2) is 16.4 Å². The third-order valence-electron chi connectivity index (χ3n) is 3.26. The van der Waals surface area contributed by atoms with Gasteiger partial charge in [-0.3, -0.25) is 0 Å². The van der Waals surface area contributed by atoms with E-state index in [1.54, 1.807) is 12.1 Å². The molecule has 0 heterocycles. The van der Waals surface area contributed by atoms with E-state index in [9.17, 15) is 0 Å². The van der Waals surface area contributed by atoms with Crippen LogP contribution in [0, 0.1) is 0 Å². The van der Waals surface area contributed by atoms with E-state index in [-0.39, 0.29) is 0 Å². The molecule has 0 aliphatic heterocycles. The summed E-state index contributed by atoms with van der Waals surface area (Å²) >= 11 is 0. The van der Waals surface area contributed by atoms with Crippen molar-refractivity contribution in [1.29, 1.82) is 0 Å². The number of hydrogen-bond donors (Lipinski definition) is 2. The third-order valence-corrected chi connectivity index (χ3v) is 5.13. The summed E-state index contributed by atoms with van der Waals surface area (Å²) in [6, 6.07) is 9.09. The molecule has 1 aromatic carbocycles. The number of hydrogen-bond acceptors (Lipinski definition) is 5. The van der Waals surface area contributed by atoms with Crippen molar-refractivity contribution in [3.8, 4) is 5.75 Å². The molecular weight excluding hydrogens is 334 g/mol. The lowest BCUT2D eigenvalue weighted by Crippen LogP contribution is -1.97.